The van der Waals surface area contributed by atoms with Gasteiger partial charge in [-0.3, -0.25) is 4.79 Å². The van der Waals surface area contributed by atoms with Crippen molar-refractivity contribution < 1.29 is 19.0 Å². The predicted octanol–water partition coefficient (Wildman–Crippen LogP) is 6.20. The van der Waals surface area contributed by atoms with Crippen molar-refractivity contribution in [1.29, 1.82) is 0 Å². The molecule has 164 valence electrons. The van der Waals surface area contributed by atoms with Gasteiger partial charge >= 0.3 is 0 Å². The van der Waals surface area contributed by atoms with Crippen molar-refractivity contribution in [2.75, 3.05) is 6.61 Å². The second-order valence-electron chi connectivity index (χ2n) is 7.98. The highest BCUT2D eigenvalue weighted by atomic mass is 16.5. The maximum absolute atomic E-state index is 13.5. The average Bonchev–Trinajstić information content (AvgIpc) is 2.88. The first kappa shape index (κ1) is 20.8. The number of carbonyl (C=O) groups excluding carboxylic acids is 1. The highest BCUT2D eigenvalue weighted by molar-refractivity contribution is 6.06. The number of fused-ring (bicyclic) bond motifs is 1. The van der Waals surface area contributed by atoms with Crippen molar-refractivity contribution >= 4 is 5.78 Å². The molecule has 1 heterocycles. The van der Waals surface area contributed by atoms with Gasteiger partial charge in [-0.1, -0.05) is 91.0 Å². The van der Waals surface area contributed by atoms with Crippen molar-refractivity contribution in [2.24, 2.45) is 0 Å². The Morgan fingerprint density at radius 2 is 1.30 bits per heavy atom. The van der Waals surface area contributed by atoms with E-state index in [1.165, 1.54) is 0 Å². The normalized spacial score (nSPS) is 14.8. The lowest BCUT2D eigenvalue weighted by atomic mass is 9.88. The van der Waals surface area contributed by atoms with Gasteiger partial charge < -0.3 is 14.2 Å². The van der Waals surface area contributed by atoms with E-state index < -0.39 is 0 Å². The molecule has 33 heavy (non-hydrogen) atoms. The molecule has 0 bridgehead atoms. The van der Waals surface area contributed by atoms with Gasteiger partial charge in [-0.05, 0) is 16.7 Å². The third-order valence-corrected chi connectivity index (χ3v) is 5.70. The largest absolute Gasteiger partial charge is 0.491 e. The fraction of sp³-hybridized carbons (Fsp3) is 0.138. The number of carbonyl (C=O) groups is 1. The molecule has 0 saturated carbocycles. The Balaban J connectivity index is 1.46. The van der Waals surface area contributed by atoms with Crippen LogP contribution in [0.2, 0.25) is 0 Å². The highest BCUT2D eigenvalue weighted by Crippen LogP contribution is 2.41. The van der Waals surface area contributed by atoms with E-state index in [4.69, 9.17) is 14.2 Å². The maximum atomic E-state index is 13.5. The fourth-order valence-corrected chi connectivity index (χ4v) is 3.95. The summed E-state index contributed by atoms with van der Waals surface area (Å²) < 4.78 is 18.2. The van der Waals surface area contributed by atoms with E-state index in [0.29, 0.717) is 36.0 Å². The molecule has 1 unspecified atom stereocenters. The van der Waals surface area contributed by atoms with Gasteiger partial charge in [-0.25, -0.2) is 0 Å². The second-order valence-corrected chi connectivity index (χ2v) is 7.98. The first-order valence-corrected chi connectivity index (χ1v) is 11.0. The van der Waals surface area contributed by atoms with Crippen LogP contribution in [0.3, 0.4) is 0 Å². The Kier molecular flexibility index (Phi) is 6.07. The molecule has 0 spiro atoms. The predicted molar refractivity (Wildman–Crippen MR) is 127 cm³/mol. The van der Waals surface area contributed by atoms with Crippen molar-refractivity contribution in [2.45, 2.75) is 19.1 Å². The molecule has 5 rings (SSSR count). The molecule has 0 fully saturated rings. The maximum Gasteiger partial charge on any atom is 0.181 e. The quantitative estimate of drug-likeness (QED) is 0.346. The lowest BCUT2D eigenvalue weighted by Crippen LogP contribution is -2.26. The van der Waals surface area contributed by atoms with Gasteiger partial charge in [0.05, 0.1) is 5.92 Å². The number of hydrogen-bond donors (Lipinski definition) is 0. The van der Waals surface area contributed by atoms with Gasteiger partial charge in [-0.15, -0.1) is 0 Å². The van der Waals surface area contributed by atoms with Crippen molar-refractivity contribution in [1.82, 2.24) is 0 Å². The molecule has 0 saturated heterocycles. The van der Waals surface area contributed by atoms with Crippen LogP contribution in [0.1, 0.15) is 33.0 Å². The van der Waals surface area contributed by atoms with Crippen molar-refractivity contribution in [3.8, 4) is 17.2 Å². The number of benzene rings is 4. The summed E-state index contributed by atoms with van der Waals surface area (Å²) in [5.41, 5.74) is 3.48. The summed E-state index contributed by atoms with van der Waals surface area (Å²) in [5, 5.41) is 0. The van der Waals surface area contributed by atoms with Gasteiger partial charge in [0.2, 0.25) is 0 Å². The number of ether oxygens (including phenoxy) is 3. The second kappa shape index (κ2) is 9.61. The van der Waals surface area contributed by atoms with Gasteiger partial charge in [0, 0.05) is 12.1 Å². The van der Waals surface area contributed by atoms with Crippen molar-refractivity contribution in [3.05, 3.63) is 125 Å². The van der Waals surface area contributed by atoms with Crippen LogP contribution >= 0.6 is 0 Å². The molecule has 0 aliphatic carbocycles. The third-order valence-electron chi connectivity index (χ3n) is 5.70. The zero-order valence-electron chi connectivity index (χ0n) is 18.1. The van der Waals surface area contributed by atoms with E-state index in [1.54, 1.807) is 12.1 Å². The van der Waals surface area contributed by atoms with Gasteiger partial charge in [-0.2, -0.15) is 0 Å². The summed E-state index contributed by atoms with van der Waals surface area (Å²) in [5.74, 6) is 1.21. The fourth-order valence-electron chi connectivity index (χ4n) is 3.95. The molecule has 4 nitrogen and oxygen atoms in total. The van der Waals surface area contributed by atoms with E-state index in [0.717, 1.165) is 16.7 Å². The monoisotopic (exact) mass is 436 g/mol. The molecule has 0 radical (unpaired) electrons. The minimum atomic E-state index is -0.367. The minimum absolute atomic E-state index is 0.000112. The van der Waals surface area contributed by atoms with Crippen LogP contribution in [0.4, 0.5) is 0 Å². The highest BCUT2D eigenvalue weighted by Gasteiger charge is 2.33. The Morgan fingerprint density at radius 1 is 0.727 bits per heavy atom. The smallest absolute Gasteiger partial charge is 0.181 e. The topological polar surface area (TPSA) is 44.8 Å². The standard InChI is InChI=1S/C29H24O4/c30-29-25(23-14-8-3-9-15-23)20-33-27-17-24(31-18-21-10-4-1-5-11-21)16-26(28(27)29)32-19-22-12-6-2-7-13-22/h1-17,25H,18-20H2. The number of Topliss-reactive ketones (excluding diaryl/α,β-unsaturated/α-hetero) is 1. The zero-order valence-corrected chi connectivity index (χ0v) is 18.1. The van der Waals surface area contributed by atoms with Crippen LogP contribution in [-0.4, -0.2) is 12.4 Å². The van der Waals surface area contributed by atoms with Crippen LogP contribution < -0.4 is 14.2 Å². The molecule has 0 aromatic heterocycles. The Hall–Kier alpha value is -4.05. The molecule has 4 aromatic rings. The summed E-state index contributed by atoms with van der Waals surface area (Å²) in [6.07, 6.45) is 0. The minimum Gasteiger partial charge on any atom is -0.491 e. The van der Waals surface area contributed by atoms with Gasteiger partial charge in [0.1, 0.15) is 42.6 Å². The zero-order chi connectivity index (χ0) is 22.5. The molecule has 4 heteroatoms. The molecule has 1 atom stereocenters. The lowest BCUT2D eigenvalue weighted by molar-refractivity contribution is 0.0889. The molecule has 0 N–H and O–H groups in total. The molecule has 1 aliphatic rings. The summed E-state index contributed by atoms with van der Waals surface area (Å²) in [7, 11) is 0. The summed E-state index contributed by atoms with van der Waals surface area (Å²) in [6.45, 7) is 1.05. The summed E-state index contributed by atoms with van der Waals surface area (Å²) in [4.78, 5) is 13.5. The summed E-state index contributed by atoms with van der Waals surface area (Å²) in [6, 6.07) is 33.1. The van der Waals surface area contributed by atoms with Crippen LogP contribution in [0.15, 0.2) is 103 Å². The van der Waals surface area contributed by atoms with Gasteiger partial charge in [0.25, 0.3) is 0 Å². The van der Waals surface area contributed by atoms with Gasteiger partial charge in [0.15, 0.2) is 5.78 Å². The Labute approximate surface area is 193 Å². The third kappa shape index (κ3) is 4.75. The molecular formula is C29H24O4. The first-order chi connectivity index (χ1) is 16.3. The molecular weight excluding hydrogens is 412 g/mol. The first-order valence-electron chi connectivity index (χ1n) is 11.0. The van der Waals surface area contributed by atoms with E-state index >= 15 is 0 Å². The molecule has 1 aliphatic heterocycles. The van der Waals surface area contributed by atoms with Crippen molar-refractivity contribution in [3.63, 3.8) is 0 Å². The number of ketones is 1. The Bertz CT molecular complexity index is 1220. The number of hydrogen-bond acceptors (Lipinski definition) is 4. The van der Waals surface area contributed by atoms with E-state index in [2.05, 4.69) is 0 Å². The molecule has 0 amide bonds. The number of rotatable bonds is 7. The lowest BCUT2D eigenvalue weighted by Gasteiger charge is -2.27. The molecule has 4 aromatic carbocycles. The van der Waals surface area contributed by atoms with E-state index in [9.17, 15) is 4.79 Å². The Morgan fingerprint density at radius 3 is 1.94 bits per heavy atom. The van der Waals surface area contributed by atoms with E-state index in [1.807, 2.05) is 91.0 Å². The average molecular weight is 437 g/mol. The summed E-state index contributed by atoms with van der Waals surface area (Å²) >= 11 is 0. The van der Waals surface area contributed by atoms with Crippen LogP contribution in [0.25, 0.3) is 0 Å². The van der Waals surface area contributed by atoms with Crippen LogP contribution in [0.5, 0.6) is 17.2 Å². The van der Waals surface area contributed by atoms with Crippen LogP contribution in [-0.2, 0) is 13.2 Å². The van der Waals surface area contributed by atoms with Crippen LogP contribution in [0, 0.1) is 0 Å². The van der Waals surface area contributed by atoms with E-state index in [-0.39, 0.29) is 18.3 Å². The SMILES string of the molecule is O=C1c2c(OCc3ccccc3)cc(OCc3ccccc3)cc2OCC1c1ccccc1.